The molecule has 1 saturated heterocycles. The summed E-state index contributed by atoms with van der Waals surface area (Å²) in [6.07, 6.45) is 2.50. The Kier molecular flexibility index (Phi) is 4.63. The van der Waals surface area contributed by atoms with Gasteiger partial charge in [0.25, 0.3) is 5.56 Å². The summed E-state index contributed by atoms with van der Waals surface area (Å²) in [6.45, 7) is 7.09. The molecular weight excluding hydrogens is 318 g/mol. The molecule has 4 rings (SSSR count). The van der Waals surface area contributed by atoms with Crippen LogP contribution in [0.3, 0.4) is 0 Å². The molecule has 0 unspecified atom stereocenters. The van der Waals surface area contributed by atoms with Crippen LogP contribution in [0.1, 0.15) is 25.3 Å². The van der Waals surface area contributed by atoms with Gasteiger partial charge in [0.2, 0.25) is 0 Å². The number of hydrogen-bond donors (Lipinski definition) is 2. The summed E-state index contributed by atoms with van der Waals surface area (Å²) in [7, 11) is 0. The fraction of sp³-hybridized carbons (Fsp3) is 0.526. The molecule has 3 heterocycles. The summed E-state index contributed by atoms with van der Waals surface area (Å²) in [4.78, 5) is 17.8. The summed E-state index contributed by atoms with van der Waals surface area (Å²) in [5.74, 6) is 1.44. The van der Waals surface area contributed by atoms with E-state index in [0.717, 1.165) is 35.3 Å². The van der Waals surface area contributed by atoms with Crippen LogP contribution < -0.4 is 20.3 Å². The minimum Gasteiger partial charge on any atom is -0.486 e. The first-order chi connectivity index (χ1) is 12.2. The largest absolute Gasteiger partial charge is 0.486 e. The van der Waals surface area contributed by atoms with Gasteiger partial charge in [0, 0.05) is 36.1 Å². The third kappa shape index (κ3) is 3.37. The fourth-order valence-corrected chi connectivity index (χ4v) is 3.84. The van der Waals surface area contributed by atoms with Gasteiger partial charge in [0.15, 0.2) is 11.5 Å². The Balaban J connectivity index is 1.49. The zero-order chi connectivity index (χ0) is 17.2. The van der Waals surface area contributed by atoms with Gasteiger partial charge in [-0.2, -0.15) is 0 Å². The lowest BCUT2D eigenvalue weighted by Gasteiger charge is -2.23. The molecule has 2 aliphatic heterocycles. The Hall–Kier alpha value is -2.05. The van der Waals surface area contributed by atoms with E-state index in [4.69, 9.17) is 9.47 Å². The van der Waals surface area contributed by atoms with Gasteiger partial charge in [-0.1, -0.05) is 6.92 Å². The van der Waals surface area contributed by atoms with E-state index in [1.807, 2.05) is 18.2 Å². The molecule has 1 aromatic heterocycles. The van der Waals surface area contributed by atoms with Gasteiger partial charge < -0.3 is 19.8 Å². The average Bonchev–Trinajstić information content (AvgIpc) is 3.08. The van der Waals surface area contributed by atoms with Crippen molar-refractivity contribution in [3.63, 3.8) is 0 Å². The number of nitrogens with zero attached hydrogens (tertiary/aromatic N) is 1. The molecule has 6 heteroatoms. The van der Waals surface area contributed by atoms with Crippen LogP contribution in [0.15, 0.2) is 23.0 Å². The number of likely N-dealkylation sites (N-methyl/N-ethyl adjacent to an activating group) is 1. The van der Waals surface area contributed by atoms with Gasteiger partial charge in [-0.05, 0) is 38.1 Å². The average molecular weight is 343 g/mol. The molecule has 0 spiro atoms. The topological polar surface area (TPSA) is 66.6 Å². The van der Waals surface area contributed by atoms with Gasteiger partial charge in [-0.3, -0.25) is 9.69 Å². The molecule has 2 aromatic rings. The first-order valence-corrected chi connectivity index (χ1v) is 9.15. The number of ether oxygens (including phenoxy) is 2. The molecule has 0 bridgehead atoms. The Morgan fingerprint density at radius 3 is 2.84 bits per heavy atom. The van der Waals surface area contributed by atoms with Crippen LogP contribution in [0.5, 0.6) is 11.5 Å². The second kappa shape index (κ2) is 7.06. The van der Waals surface area contributed by atoms with Crippen LogP contribution >= 0.6 is 0 Å². The molecule has 6 nitrogen and oxygen atoms in total. The third-order valence-corrected chi connectivity index (χ3v) is 5.18. The Morgan fingerprint density at radius 1 is 1.24 bits per heavy atom. The predicted molar refractivity (Wildman–Crippen MR) is 97.5 cm³/mol. The first-order valence-electron chi connectivity index (χ1n) is 9.15. The van der Waals surface area contributed by atoms with E-state index < -0.39 is 0 Å². The number of likely N-dealkylation sites (tertiary alicyclic amines) is 1. The second-order valence-corrected chi connectivity index (χ2v) is 6.76. The summed E-state index contributed by atoms with van der Waals surface area (Å²) >= 11 is 0. The summed E-state index contributed by atoms with van der Waals surface area (Å²) in [6, 6.07) is 6.33. The number of aromatic nitrogens is 1. The van der Waals surface area contributed by atoms with Crippen molar-refractivity contribution in [3.05, 3.63) is 34.1 Å². The standard InChI is InChI=1S/C19H25N3O3/c1-2-22-5-3-4-15(22)12-20-11-14-8-13-9-17-18(25-7-6-24-17)10-16(13)21-19(14)23/h8-10,15,20H,2-7,11-12H2,1H3,(H,21,23)/t15-/m0/s1. The molecule has 134 valence electrons. The van der Waals surface area contributed by atoms with Crippen LogP contribution in [0.4, 0.5) is 0 Å². The lowest BCUT2D eigenvalue weighted by Crippen LogP contribution is -2.38. The molecule has 0 saturated carbocycles. The first kappa shape index (κ1) is 16.4. The van der Waals surface area contributed by atoms with Gasteiger partial charge in [-0.25, -0.2) is 0 Å². The fourth-order valence-electron chi connectivity index (χ4n) is 3.84. The van der Waals surface area contributed by atoms with Crippen LogP contribution in [-0.2, 0) is 6.54 Å². The maximum atomic E-state index is 12.4. The Bertz CT molecular complexity index is 817. The molecular formula is C19H25N3O3. The molecule has 1 fully saturated rings. The van der Waals surface area contributed by atoms with Crippen LogP contribution in [0.25, 0.3) is 10.9 Å². The van der Waals surface area contributed by atoms with Crippen molar-refractivity contribution < 1.29 is 9.47 Å². The lowest BCUT2D eigenvalue weighted by molar-refractivity contribution is 0.172. The van der Waals surface area contributed by atoms with Crippen molar-refractivity contribution in [2.24, 2.45) is 0 Å². The van der Waals surface area contributed by atoms with Gasteiger partial charge in [0.1, 0.15) is 13.2 Å². The number of fused-ring (bicyclic) bond motifs is 2. The van der Waals surface area contributed by atoms with E-state index in [0.29, 0.717) is 31.5 Å². The van der Waals surface area contributed by atoms with E-state index in [-0.39, 0.29) is 5.56 Å². The highest BCUT2D eigenvalue weighted by Crippen LogP contribution is 2.33. The maximum absolute atomic E-state index is 12.4. The molecule has 1 atom stereocenters. The highest BCUT2D eigenvalue weighted by atomic mass is 16.6. The molecule has 2 N–H and O–H groups in total. The van der Waals surface area contributed by atoms with Gasteiger partial charge >= 0.3 is 0 Å². The van der Waals surface area contributed by atoms with E-state index in [2.05, 4.69) is 22.1 Å². The van der Waals surface area contributed by atoms with Gasteiger partial charge in [-0.15, -0.1) is 0 Å². The Morgan fingerprint density at radius 2 is 2.04 bits per heavy atom. The summed E-state index contributed by atoms with van der Waals surface area (Å²) in [5.41, 5.74) is 1.49. The number of hydrogen-bond acceptors (Lipinski definition) is 5. The maximum Gasteiger partial charge on any atom is 0.252 e. The van der Waals surface area contributed by atoms with Crippen molar-refractivity contribution in [2.75, 3.05) is 32.8 Å². The van der Waals surface area contributed by atoms with E-state index >= 15 is 0 Å². The third-order valence-electron chi connectivity index (χ3n) is 5.18. The predicted octanol–water partition coefficient (Wildman–Crippen LogP) is 1.87. The van der Waals surface area contributed by atoms with Crippen LogP contribution in [-0.4, -0.2) is 48.8 Å². The van der Waals surface area contributed by atoms with E-state index in [1.54, 1.807) is 0 Å². The number of rotatable bonds is 5. The number of benzene rings is 1. The molecule has 25 heavy (non-hydrogen) atoms. The van der Waals surface area contributed by atoms with Crippen molar-refractivity contribution in [2.45, 2.75) is 32.4 Å². The van der Waals surface area contributed by atoms with Crippen molar-refractivity contribution >= 4 is 10.9 Å². The molecule has 1 aromatic carbocycles. The smallest absolute Gasteiger partial charge is 0.252 e. The minimum absolute atomic E-state index is 0.0459. The van der Waals surface area contributed by atoms with Crippen molar-refractivity contribution in [3.8, 4) is 11.5 Å². The minimum atomic E-state index is -0.0459. The zero-order valence-electron chi connectivity index (χ0n) is 14.6. The van der Waals surface area contributed by atoms with Crippen molar-refractivity contribution in [1.82, 2.24) is 15.2 Å². The quantitative estimate of drug-likeness (QED) is 0.868. The zero-order valence-corrected chi connectivity index (χ0v) is 14.6. The van der Waals surface area contributed by atoms with Crippen molar-refractivity contribution in [1.29, 1.82) is 0 Å². The number of pyridine rings is 1. The number of H-pyrrole nitrogens is 1. The SMILES string of the molecule is CCN1CCC[C@H]1CNCc1cc2cc3c(cc2[nH]c1=O)OCCO3. The molecule has 0 aliphatic carbocycles. The molecule has 2 aliphatic rings. The summed E-state index contributed by atoms with van der Waals surface area (Å²) < 4.78 is 11.2. The van der Waals surface area contributed by atoms with Crippen LogP contribution in [0, 0.1) is 0 Å². The second-order valence-electron chi connectivity index (χ2n) is 6.76. The molecule has 0 amide bonds. The highest BCUT2D eigenvalue weighted by molar-refractivity contribution is 5.83. The summed E-state index contributed by atoms with van der Waals surface area (Å²) in [5, 5.41) is 4.43. The molecule has 0 radical (unpaired) electrons. The number of nitrogens with one attached hydrogen (secondary N) is 2. The highest BCUT2D eigenvalue weighted by Gasteiger charge is 2.22. The van der Waals surface area contributed by atoms with E-state index in [9.17, 15) is 4.79 Å². The normalized spacial score (nSPS) is 20.3. The van der Waals surface area contributed by atoms with E-state index in [1.165, 1.54) is 19.4 Å². The van der Waals surface area contributed by atoms with Crippen LogP contribution in [0.2, 0.25) is 0 Å². The van der Waals surface area contributed by atoms with Gasteiger partial charge in [0.05, 0.1) is 5.52 Å². The Labute approximate surface area is 147 Å². The lowest BCUT2D eigenvalue weighted by atomic mass is 10.1. The number of aromatic amines is 1. The monoisotopic (exact) mass is 343 g/mol.